The molecule has 3 rings (SSSR count). The van der Waals surface area contributed by atoms with Crippen LogP contribution in [0, 0.1) is 0 Å². The zero-order valence-corrected chi connectivity index (χ0v) is 13.4. The van der Waals surface area contributed by atoms with Gasteiger partial charge in [0.05, 0.1) is 6.04 Å². The Kier molecular flexibility index (Phi) is 4.39. The van der Waals surface area contributed by atoms with Crippen molar-refractivity contribution < 1.29 is 4.79 Å². The highest BCUT2D eigenvalue weighted by Gasteiger charge is 2.30. The van der Waals surface area contributed by atoms with Gasteiger partial charge in [0, 0.05) is 17.4 Å². The summed E-state index contributed by atoms with van der Waals surface area (Å²) >= 11 is 3.43. The van der Waals surface area contributed by atoms with Crippen LogP contribution < -0.4 is 0 Å². The van der Waals surface area contributed by atoms with Crippen molar-refractivity contribution in [1.82, 2.24) is 4.90 Å². The molecule has 0 aromatic heterocycles. The van der Waals surface area contributed by atoms with Gasteiger partial charge in [-0.3, -0.25) is 4.79 Å². The third-order valence-corrected chi connectivity index (χ3v) is 4.70. The van der Waals surface area contributed by atoms with Crippen LogP contribution >= 0.6 is 15.9 Å². The molecule has 1 amide bonds. The van der Waals surface area contributed by atoms with Gasteiger partial charge in [-0.15, -0.1) is 0 Å². The zero-order chi connectivity index (χ0) is 14.7. The maximum atomic E-state index is 12.7. The van der Waals surface area contributed by atoms with E-state index in [-0.39, 0.29) is 11.9 Å². The first-order valence-electron chi connectivity index (χ1n) is 7.30. The molecule has 0 saturated carbocycles. The van der Waals surface area contributed by atoms with E-state index >= 15 is 0 Å². The number of amides is 1. The Morgan fingerprint density at radius 3 is 2.48 bits per heavy atom. The fourth-order valence-electron chi connectivity index (χ4n) is 2.93. The standard InChI is InChI=1S/C18H18BrNO/c19-13-14-8-10-16(11-9-14)18(21)20-12-4-7-17(20)15-5-2-1-3-6-15/h1-3,5-6,8-11,17H,4,7,12-13H2. The second-order valence-electron chi connectivity index (χ2n) is 5.40. The van der Waals surface area contributed by atoms with Crippen molar-refractivity contribution in [2.75, 3.05) is 6.54 Å². The summed E-state index contributed by atoms with van der Waals surface area (Å²) in [6, 6.07) is 18.4. The van der Waals surface area contributed by atoms with Gasteiger partial charge in [-0.1, -0.05) is 58.4 Å². The van der Waals surface area contributed by atoms with Crippen molar-refractivity contribution in [3.05, 3.63) is 71.3 Å². The lowest BCUT2D eigenvalue weighted by atomic mass is 10.0. The lowest BCUT2D eigenvalue weighted by Crippen LogP contribution is -2.30. The molecule has 1 fully saturated rings. The maximum absolute atomic E-state index is 12.7. The molecule has 2 aromatic carbocycles. The molecule has 1 aliphatic heterocycles. The SMILES string of the molecule is O=C(c1ccc(CBr)cc1)N1CCCC1c1ccccc1. The topological polar surface area (TPSA) is 20.3 Å². The fourth-order valence-corrected chi connectivity index (χ4v) is 3.31. The summed E-state index contributed by atoms with van der Waals surface area (Å²) in [7, 11) is 0. The predicted octanol–water partition coefficient (Wildman–Crippen LogP) is 4.56. The number of hydrogen-bond donors (Lipinski definition) is 0. The number of rotatable bonds is 3. The molecule has 0 radical (unpaired) electrons. The van der Waals surface area contributed by atoms with Crippen LogP contribution in [-0.4, -0.2) is 17.4 Å². The molecule has 108 valence electrons. The lowest BCUT2D eigenvalue weighted by molar-refractivity contribution is 0.0735. The first-order valence-corrected chi connectivity index (χ1v) is 8.42. The van der Waals surface area contributed by atoms with E-state index in [1.54, 1.807) is 0 Å². The number of alkyl halides is 1. The van der Waals surface area contributed by atoms with Gasteiger partial charge in [0.25, 0.3) is 5.91 Å². The molecule has 0 bridgehead atoms. The summed E-state index contributed by atoms with van der Waals surface area (Å²) in [6.45, 7) is 0.846. The molecule has 2 nitrogen and oxygen atoms in total. The number of benzene rings is 2. The molecule has 21 heavy (non-hydrogen) atoms. The molecular weight excluding hydrogens is 326 g/mol. The third kappa shape index (κ3) is 3.03. The summed E-state index contributed by atoms with van der Waals surface area (Å²) in [5, 5.41) is 0.817. The molecule has 1 unspecified atom stereocenters. The van der Waals surface area contributed by atoms with Crippen LogP contribution in [0.1, 0.15) is 40.4 Å². The van der Waals surface area contributed by atoms with Gasteiger partial charge >= 0.3 is 0 Å². The minimum atomic E-state index is 0.141. The third-order valence-electron chi connectivity index (χ3n) is 4.05. The molecule has 1 saturated heterocycles. The summed E-state index contributed by atoms with van der Waals surface area (Å²) in [6.07, 6.45) is 2.13. The summed E-state index contributed by atoms with van der Waals surface area (Å²) in [5.41, 5.74) is 3.20. The Hall–Kier alpha value is -1.61. The van der Waals surface area contributed by atoms with E-state index in [0.717, 1.165) is 30.3 Å². The van der Waals surface area contributed by atoms with E-state index in [9.17, 15) is 4.79 Å². The van der Waals surface area contributed by atoms with E-state index in [4.69, 9.17) is 0 Å². The minimum absolute atomic E-state index is 0.141. The highest BCUT2D eigenvalue weighted by atomic mass is 79.9. The Morgan fingerprint density at radius 2 is 1.81 bits per heavy atom. The van der Waals surface area contributed by atoms with Gasteiger partial charge in [0.1, 0.15) is 0 Å². The van der Waals surface area contributed by atoms with Crippen molar-refractivity contribution >= 4 is 21.8 Å². The molecule has 0 spiro atoms. The molecular formula is C18H18BrNO. The summed E-state index contributed by atoms with van der Waals surface area (Å²) in [4.78, 5) is 14.8. The van der Waals surface area contributed by atoms with Crippen LogP contribution in [-0.2, 0) is 5.33 Å². The van der Waals surface area contributed by atoms with Crippen molar-refractivity contribution in [1.29, 1.82) is 0 Å². The van der Waals surface area contributed by atoms with Crippen LogP contribution in [0.4, 0.5) is 0 Å². The number of nitrogens with zero attached hydrogens (tertiary/aromatic N) is 1. The molecule has 1 heterocycles. The number of hydrogen-bond acceptors (Lipinski definition) is 1. The second kappa shape index (κ2) is 6.44. The average Bonchev–Trinajstić information content (AvgIpc) is 3.04. The number of likely N-dealkylation sites (tertiary alicyclic amines) is 1. The van der Waals surface area contributed by atoms with Crippen molar-refractivity contribution in [3.63, 3.8) is 0 Å². The largest absolute Gasteiger partial charge is 0.332 e. The zero-order valence-electron chi connectivity index (χ0n) is 11.8. The Morgan fingerprint density at radius 1 is 1.10 bits per heavy atom. The molecule has 0 N–H and O–H groups in total. The number of halogens is 1. The predicted molar refractivity (Wildman–Crippen MR) is 88.5 cm³/mol. The Balaban J connectivity index is 1.82. The van der Waals surface area contributed by atoms with Gasteiger partial charge in [0.15, 0.2) is 0 Å². The minimum Gasteiger partial charge on any atom is -0.332 e. The lowest BCUT2D eigenvalue weighted by Gasteiger charge is -2.25. The van der Waals surface area contributed by atoms with Gasteiger partial charge < -0.3 is 4.90 Å². The second-order valence-corrected chi connectivity index (χ2v) is 5.96. The average molecular weight is 344 g/mol. The molecule has 1 aliphatic rings. The highest BCUT2D eigenvalue weighted by Crippen LogP contribution is 2.32. The monoisotopic (exact) mass is 343 g/mol. The Labute approximate surface area is 133 Å². The first kappa shape index (κ1) is 14.3. The molecule has 3 heteroatoms. The molecule has 1 atom stereocenters. The number of carbonyl (C=O) groups excluding carboxylic acids is 1. The van der Waals surface area contributed by atoms with E-state index < -0.39 is 0 Å². The van der Waals surface area contributed by atoms with Crippen molar-refractivity contribution in [2.24, 2.45) is 0 Å². The van der Waals surface area contributed by atoms with Crippen LogP contribution in [0.2, 0.25) is 0 Å². The fraction of sp³-hybridized carbons (Fsp3) is 0.278. The summed E-state index contributed by atoms with van der Waals surface area (Å²) in [5.74, 6) is 0.141. The quantitative estimate of drug-likeness (QED) is 0.748. The summed E-state index contributed by atoms with van der Waals surface area (Å²) < 4.78 is 0. The van der Waals surface area contributed by atoms with E-state index in [1.807, 2.05) is 47.4 Å². The van der Waals surface area contributed by atoms with Crippen LogP contribution in [0.3, 0.4) is 0 Å². The maximum Gasteiger partial charge on any atom is 0.254 e. The van der Waals surface area contributed by atoms with E-state index in [1.165, 1.54) is 11.1 Å². The first-order chi connectivity index (χ1) is 10.3. The Bertz CT molecular complexity index is 609. The number of carbonyl (C=O) groups is 1. The van der Waals surface area contributed by atoms with Gasteiger partial charge in [-0.2, -0.15) is 0 Å². The van der Waals surface area contributed by atoms with E-state index in [2.05, 4.69) is 28.1 Å². The van der Waals surface area contributed by atoms with Crippen molar-refractivity contribution in [2.45, 2.75) is 24.2 Å². The van der Waals surface area contributed by atoms with Crippen LogP contribution in [0.25, 0.3) is 0 Å². The van der Waals surface area contributed by atoms with Gasteiger partial charge in [-0.05, 0) is 36.1 Å². The van der Waals surface area contributed by atoms with Crippen molar-refractivity contribution in [3.8, 4) is 0 Å². The highest BCUT2D eigenvalue weighted by molar-refractivity contribution is 9.08. The molecule has 0 aliphatic carbocycles. The smallest absolute Gasteiger partial charge is 0.254 e. The van der Waals surface area contributed by atoms with Crippen LogP contribution in [0.15, 0.2) is 54.6 Å². The van der Waals surface area contributed by atoms with Gasteiger partial charge in [-0.25, -0.2) is 0 Å². The normalized spacial score (nSPS) is 18.0. The van der Waals surface area contributed by atoms with Gasteiger partial charge in [0.2, 0.25) is 0 Å². The van der Waals surface area contributed by atoms with E-state index in [0.29, 0.717) is 0 Å². The van der Waals surface area contributed by atoms with Crippen LogP contribution in [0.5, 0.6) is 0 Å². The molecule has 2 aromatic rings.